The molecule has 1 aliphatic rings. The molecule has 1 aliphatic heterocycles. The largest absolute Gasteiger partial charge is 0.496 e. The number of rotatable bonds is 3. The lowest BCUT2D eigenvalue weighted by molar-refractivity contribution is 0.0516. The lowest BCUT2D eigenvalue weighted by Crippen LogP contribution is -2.31. The fourth-order valence-corrected chi connectivity index (χ4v) is 2.67. The molecule has 0 saturated carbocycles. The topological polar surface area (TPSA) is 35.5 Å². The molecule has 92 valence electrons. The molecule has 1 atom stereocenters. The first-order chi connectivity index (χ1) is 8.22. The van der Waals surface area contributed by atoms with Crippen molar-refractivity contribution in [3.8, 4) is 5.75 Å². The minimum absolute atomic E-state index is 0.0257. The summed E-state index contributed by atoms with van der Waals surface area (Å²) < 4.78 is 10.7. The second-order valence-electron chi connectivity index (χ2n) is 4.00. The van der Waals surface area contributed by atoms with E-state index < -0.39 is 0 Å². The number of carbonyl (C=O) groups excluding carboxylic acids is 1. The van der Waals surface area contributed by atoms with Gasteiger partial charge in [0.05, 0.1) is 19.3 Å². The van der Waals surface area contributed by atoms with E-state index in [0.29, 0.717) is 17.9 Å². The van der Waals surface area contributed by atoms with E-state index in [1.807, 2.05) is 25.1 Å². The smallest absolute Gasteiger partial charge is 0.196 e. The maximum atomic E-state index is 12.3. The lowest BCUT2D eigenvalue weighted by Gasteiger charge is -2.22. The van der Waals surface area contributed by atoms with Crippen molar-refractivity contribution < 1.29 is 14.3 Å². The van der Waals surface area contributed by atoms with Gasteiger partial charge in [0.15, 0.2) is 5.78 Å². The van der Waals surface area contributed by atoms with Gasteiger partial charge in [0.1, 0.15) is 11.9 Å². The van der Waals surface area contributed by atoms with Crippen LogP contribution in [-0.2, 0) is 4.74 Å². The molecule has 0 aromatic heterocycles. The van der Waals surface area contributed by atoms with Crippen LogP contribution in [0.2, 0.25) is 0 Å². The Balaban J connectivity index is 2.25. The van der Waals surface area contributed by atoms with Gasteiger partial charge in [-0.2, -0.15) is 11.8 Å². The van der Waals surface area contributed by atoms with Crippen molar-refractivity contribution in [2.75, 3.05) is 25.2 Å². The number of hydrogen-bond donors (Lipinski definition) is 0. The van der Waals surface area contributed by atoms with Crippen molar-refractivity contribution in [2.45, 2.75) is 13.0 Å². The molecule has 1 saturated heterocycles. The Bertz CT molecular complexity index is 411. The van der Waals surface area contributed by atoms with Crippen LogP contribution in [0, 0.1) is 6.92 Å². The number of benzene rings is 1. The number of thioether (sulfide) groups is 1. The van der Waals surface area contributed by atoms with Crippen LogP contribution in [0.3, 0.4) is 0 Å². The van der Waals surface area contributed by atoms with Crippen LogP contribution < -0.4 is 4.74 Å². The average molecular weight is 252 g/mol. The molecular formula is C13H16O3S. The van der Waals surface area contributed by atoms with Crippen molar-refractivity contribution in [1.82, 2.24) is 0 Å². The summed E-state index contributed by atoms with van der Waals surface area (Å²) in [5.74, 6) is 2.35. The molecule has 0 spiro atoms. The van der Waals surface area contributed by atoms with Gasteiger partial charge in [-0.3, -0.25) is 4.79 Å². The second kappa shape index (κ2) is 5.56. The van der Waals surface area contributed by atoms with Crippen LogP contribution in [0.25, 0.3) is 0 Å². The molecule has 1 unspecified atom stereocenters. The molecule has 17 heavy (non-hydrogen) atoms. The van der Waals surface area contributed by atoms with Crippen LogP contribution in [-0.4, -0.2) is 37.1 Å². The van der Waals surface area contributed by atoms with Crippen molar-refractivity contribution in [3.63, 3.8) is 0 Å². The fraction of sp³-hybridized carbons (Fsp3) is 0.462. The molecule has 3 nitrogen and oxygen atoms in total. The van der Waals surface area contributed by atoms with Gasteiger partial charge in [-0.25, -0.2) is 0 Å². The molecule has 0 bridgehead atoms. The Hall–Kier alpha value is -1.00. The first kappa shape index (κ1) is 12.5. The molecule has 0 aliphatic carbocycles. The molecule has 0 N–H and O–H groups in total. The van der Waals surface area contributed by atoms with Gasteiger partial charge < -0.3 is 9.47 Å². The number of aryl methyl sites for hydroxylation is 1. The van der Waals surface area contributed by atoms with Crippen LogP contribution in [0.4, 0.5) is 0 Å². The van der Waals surface area contributed by atoms with Gasteiger partial charge >= 0.3 is 0 Å². The minimum Gasteiger partial charge on any atom is -0.496 e. The Morgan fingerprint density at radius 2 is 2.35 bits per heavy atom. The summed E-state index contributed by atoms with van der Waals surface area (Å²) in [7, 11) is 1.58. The molecule has 0 radical (unpaired) electrons. The quantitative estimate of drug-likeness (QED) is 0.773. The SMILES string of the molecule is COc1ccc(C)cc1C(=O)C1CSCCO1. The maximum absolute atomic E-state index is 12.3. The molecule has 2 rings (SSSR count). The molecule has 1 aromatic rings. The number of ketones is 1. The lowest BCUT2D eigenvalue weighted by atomic mass is 10.0. The van der Waals surface area contributed by atoms with Gasteiger partial charge in [-0.05, 0) is 19.1 Å². The van der Waals surface area contributed by atoms with E-state index in [1.165, 1.54) is 0 Å². The Morgan fingerprint density at radius 3 is 3.00 bits per heavy atom. The Morgan fingerprint density at radius 1 is 1.53 bits per heavy atom. The third-order valence-corrected chi connectivity index (χ3v) is 3.72. The predicted octanol–water partition coefficient (Wildman–Crippen LogP) is 2.32. The summed E-state index contributed by atoms with van der Waals surface area (Å²) in [5, 5.41) is 0. The molecule has 1 fully saturated rings. The van der Waals surface area contributed by atoms with E-state index in [9.17, 15) is 4.79 Å². The van der Waals surface area contributed by atoms with Gasteiger partial charge in [-0.15, -0.1) is 0 Å². The van der Waals surface area contributed by atoms with Gasteiger partial charge in [0, 0.05) is 11.5 Å². The first-order valence-electron chi connectivity index (χ1n) is 5.60. The third-order valence-electron chi connectivity index (χ3n) is 2.73. The van der Waals surface area contributed by atoms with Crippen LogP contribution >= 0.6 is 11.8 Å². The third kappa shape index (κ3) is 2.82. The van der Waals surface area contributed by atoms with Crippen molar-refractivity contribution in [1.29, 1.82) is 0 Å². The van der Waals surface area contributed by atoms with E-state index >= 15 is 0 Å². The number of Topliss-reactive ketones (excluding diaryl/α,β-unsaturated/α-hetero) is 1. The molecule has 1 heterocycles. The molecule has 4 heteroatoms. The van der Waals surface area contributed by atoms with Crippen molar-refractivity contribution in [2.24, 2.45) is 0 Å². The van der Waals surface area contributed by atoms with E-state index in [0.717, 1.165) is 17.1 Å². The fourth-order valence-electron chi connectivity index (χ4n) is 1.83. The normalized spacial score (nSPS) is 20.0. The number of carbonyl (C=O) groups is 1. The zero-order valence-corrected chi connectivity index (χ0v) is 10.9. The zero-order valence-electron chi connectivity index (χ0n) is 10.1. The summed E-state index contributed by atoms with van der Waals surface area (Å²) in [5.41, 5.74) is 1.68. The standard InChI is InChI=1S/C13H16O3S/c1-9-3-4-11(15-2)10(7-9)13(14)12-8-17-6-5-16-12/h3-4,7,12H,5-6,8H2,1-2H3. The zero-order chi connectivity index (χ0) is 12.3. The highest BCUT2D eigenvalue weighted by Gasteiger charge is 2.25. The number of ether oxygens (including phenoxy) is 2. The van der Waals surface area contributed by atoms with E-state index in [2.05, 4.69) is 0 Å². The molecule has 0 amide bonds. The highest BCUT2D eigenvalue weighted by molar-refractivity contribution is 7.99. The first-order valence-corrected chi connectivity index (χ1v) is 6.76. The maximum Gasteiger partial charge on any atom is 0.196 e. The highest BCUT2D eigenvalue weighted by atomic mass is 32.2. The monoisotopic (exact) mass is 252 g/mol. The number of hydrogen-bond acceptors (Lipinski definition) is 4. The second-order valence-corrected chi connectivity index (χ2v) is 5.15. The van der Waals surface area contributed by atoms with Crippen LogP contribution in [0.1, 0.15) is 15.9 Å². The Kier molecular flexibility index (Phi) is 4.07. The van der Waals surface area contributed by atoms with E-state index in [1.54, 1.807) is 18.9 Å². The summed E-state index contributed by atoms with van der Waals surface area (Å²) in [6.45, 7) is 2.61. The minimum atomic E-state index is -0.329. The van der Waals surface area contributed by atoms with Gasteiger partial charge in [-0.1, -0.05) is 11.6 Å². The number of methoxy groups -OCH3 is 1. The average Bonchev–Trinajstić information content (AvgIpc) is 2.39. The van der Waals surface area contributed by atoms with Gasteiger partial charge in [0.2, 0.25) is 0 Å². The summed E-state index contributed by atoms with van der Waals surface area (Å²) in [4.78, 5) is 12.3. The summed E-state index contributed by atoms with van der Waals surface area (Å²) in [6, 6.07) is 5.63. The van der Waals surface area contributed by atoms with Gasteiger partial charge in [0.25, 0.3) is 0 Å². The predicted molar refractivity (Wildman–Crippen MR) is 69.1 cm³/mol. The van der Waals surface area contributed by atoms with Crippen molar-refractivity contribution >= 4 is 17.5 Å². The molecular weight excluding hydrogens is 236 g/mol. The summed E-state index contributed by atoms with van der Waals surface area (Å²) >= 11 is 1.76. The van der Waals surface area contributed by atoms with Crippen LogP contribution in [0.5, 0.6) is 5.75 Å². The van der Waals surface area contributed by atoms with E-state index in [-0.39, 0.29) is 11.9 Å². The molecule has 1 aromatic carbocycles. The van der Waals surface area contributed by atoms with E-state index in [4.69, 9.17) is 9.47 Å². The highest BCUT2D eigenvalue weighted by Crippen LogP contribution is 2.24. The van der Waals surface area contributed by atoms with Crippen molar-refractivity contribution in [3.05, 3.63) is 29.3 Å². The van der Waals surface area contributed by atoms with Crippen LogP contribution in [0.15, 0.2) is 18.2 Å². The Labute approximate surface area is 105 Å². The summed E-state index contributed by atoms with van der Waals surface area (Å²) in [6.07, 6.45) is -0.329.